The van der Waals surface area contributed by atoms with Crippen LogP contribution in [0, 0.1) is 12.3 Å². The summed E-state index contributed by atoms with van der Waals surface area (Å²) in [5.74, 6) is 0.468. The van der Waals surface area contributed by atoms with Gasteiger partial charge in [0.15, 0.2) is 0 Å². The van der Waals surface area contributed by atoms with Crippen molar-refractivity contribution in [2.75, 3.05) is 18.5 Å². The number of hydrogen-bond donors (Lipinski definition) is 2. The van der Waals surface area contributed by atoms with Crippen molar-refractivity contribution in [3.8, 4) is 0 Å². The Hall–Kier alpha value is -1.47. The van der Waals surface area contributed by atoms with Gasteiger partial charge in [0.1, 0.15) is 11.2 Å². The summed E-state index contributed by atoms with van der Waals surface area (Å²) in [5.41, 5.74) is 5.82. The normalized spacial score (nSPS) is 18.0. The summed E-state index contributed by atoms with van der Waals surface area (Å²) in [6, 6.07) is 1.81. The third-order valence-electron chi connectivity index (χ3n) is 3.50. The number of carbonyl (C=O) groups is 1. The van der Waals surface area contributed by atoms with Crippen LogP contribution in [0.4, 0.5) is 5.82 Å². The van der Waals surface area contributed by atoms with Gasteiger partial charge in [-0.3, -0.25) is 9.48 Å². The van der Waals surface area contributed by atoms with Crippen molar-refractivity contribution in [3.05, 3.63) is 11.8 Å². The van der Waals surface area contributed by atoms with Crippen LogP contribution in [0.3, 0.4) is 0 Å². The van der Waals surface area contributed by atoms with Gasteiger partial charge in [-0.05, 0) is 19.8 Å². The molecule has 7 heteroatoms. The van der Waals surface area contributed by atoms with E-state index in [-0.39, 0.29) is 10.9 Å². The molecule has 1 aliphatic heterocycles. The Balaban J connectivity index is 2.21. The van der Waals surface area contributed by atoms with E-state index in [4.69, 9.17) is 22.7 Å². The predicted molar refractivity (Wildman–Crippen MR) is 75.8 cm³/mol. The van der Waals surface area contributed by atoms with Crippen LogP contribution in [0.5, 0.6) is 0 Å². The quantitative estimate of drug-likeness (QED) is 0.799. The fourth-order valence-corrected chi connectivity index (χ4v) is 2.57. The molecule has 104 valence electrons. The lowest BCUT2D eigenvalue weighted by atomic mass is 9.79. The van der Waals surface area contributed by atoms with Crippen LogP contribution >= 0.6 is 12.2 Å². The molecule has 0 aromatic carbocycles. The highest BCUT2D eigenvalue weighted by molar-refractivity contribution is 7.80. The van der Waals surface area contributed by atoms with E-state index in [1.807, 2.05) is 13.0 Å². The predicted octanol–water partition coefficient (Wildman–Crippen LogP) is 0.750. The number of ether oxygens (including phenoxy) is 1. The molecule has 0 bridgehead atoms. The molecule has 0 radical (unpaired) electrons. The molecule has 1 fully saturated rings. The third kappa shape index (κ3) is 2.62. The molecule has 1 aliphatic rings. The second-order valence-electron chi connectivity index (χ2n) is 4.81. The fraction of sp³-hybridized carbons (Fsp3) is 0.583. The first kappa shape index (κ1) is 14.0. The maximum Gasteiger partial charge on any atom is 0.238 e. The molecule has 1 aromatic heterocycles. The minimum atomic E-state index is -0.814. The molecule has 0 aliphatic carbocycles. The number of aryl methyl sites for hydroxylation is 2. The Morgan fingerprint density at radius 2 is 2.21 bits per heavy atom. The summed E-state index contributed by atoms with van der Waals surface area (Å²) >= 11 is 5.10. The Morgan fingerprint density at radius 3 is 2.68 bits per heavy atom. The SMILES string of the molecule is Cc1cc(NC(=O)C2(C(N)=S)CCOCC2)n(C)n1. The molecule has 6 nitrogen and oxygen atoms in total. The minimum absolute atomic E-state index is 0.175. The van der Waals surface area contributed by atoms with Crippen LogP contribution in [-0.4, -0.2) is 33.9 Å². The van der Waals surface area contributed by atoms with Gasteiger partial charge >= 0.3 is 0 Å². The topological polar surface area (TPSA) is 82.2 Å². The second kappa shape index (κ2) is 5.26. The largest absolute Gasteiger partial charge is 0.392 e. The maximum atomic E-state index is 12.5. The highest BCUT2D eigenvalue weighted by Gasteiger charge is 2.43. The van der Waals surface area contributed by atoms with Gasteiger partial charge in [0.25, 0.3) is 0 Å². The molecule has 0 unspecified atom stereocenters. The van der Waals surface area contributed by atoms with E-state index in [1.54, 1.807) is 11.7 Å². The number of carbonyl (C=O) groups excluding carboxylic acids is 1. The molecule has 0 spiro atoms. The molecular weight excluding hydrogens is 264 g/mol. The zero-order valence-electron chi connectivity index (χ0n) is 11.1. The summed E-state index contributed by atoms with van der Waals surface area (Å²) in [6.45, 7) is 2.86. The van der Waals surface area contributed by atoms with Gasteiger partial charge in [0.2, 0.25) is 5.91 Å². The lowest BCUT2D eigenvalue weighted by molar-refractivity contribution is -0.126. The van der Waals surface area contributed by atoms with Gasteiger partial charge in [-0.15, -0.1) is 0 Å². The van der Waals surface area contributed by atoms with Crippen molar-refractivity contribution in [2.45, 2.75) is 19.8 Å². The number of amides is 1. The Morgan fingerprint density at radius 1 is 1.58 bits per heavy atom. The smallest absolute Gasteiger partial charge is 0.238 e. The van der Waals surface area contributed by atoms with Crippen LogP contribution in [0.15, 0.2) is 6.07 Å². The average molecular weight is 282 g/mol. The number of nitrogens with one attached hydrogen (secondary N) is 1. The summed E-state index contributed by atoms with van der Waals surface area (Å²) in [4.78, 5) is 12.7. The van der Waals surface area contributed by atoms with Gasteiger partial charge in [-0.1, -0.05) is 12.2 Å². The van der Waals surface area contributed by atoms with Crippen LogP contribution < -0.4 is 11.1 Å². The van der Waals surface area contributed by atoms with E-state index in [0.29, 0.717) is 31.9 Å². The number of thiocarbonyl (C=S) groups is 1. The van der Waals surface area contributed by atoms with Crippen molar-refractivity contribution in [2.24, 2.45) is 18.2 Å². The highest BCUT2D eigenvalue weighted by atomic mass is 32.1. The van der Waals surface area contributed by atoms with Crippen LogP contribution in [0.25, 0.3) is 0 Å². The van der Waals surface area contributed by atoms with Crippen LogP contribution in [-0.2, 0) is 16.6 Å². The van der Waals surface area contributed by atoms with Gasteiger partial charge in [0, 0.05) is 26.3 Å². The molecule has 2 heterocycles. The minimum Gasteiger partial charge on any atom is -0.392 e. The molecule has 2 rings (SSSR count). The number of rotatable bonds is 3. The van der Waals surface area contributed by atoms with Crippen LogP contribution in [0.1, 0.15) is 18.5 Å². The van der Waals surface area contributed by atoms with Crippen molar-refractivity contribution in [3.63, 3.8) is 0 Å². The van der Waals surface area contributed by atoms with E-state index in [0.717, 1.165) is 5.69 Å². The lowest BCUT2D eigenvalue weighted by Crippen LogP contribution is -2.49. The third-order valence-corrected chi connectivity index (χ3v) is 3.89. The number of nitrogens with zero attached hydrogens (tertiary/aromatic N) is 2. The molecule has 1 aromatic rings. The average Bonchev–Trinajstić information content (AvgIpc) is 2.68. The first-order valence-corrected chi connectivity index (χ1v) is 6.56. The van der Waals surface area contributed by atoms with Crippen molar-refractivity contribution in [1.29, 1.82) is 0 Å². The summed E-state index contributed by atoms with van der Waals surface area (Å²) in [7, 11) is 1.78. The summed E-state index contributed by atoms with van der Waals surface area (Å²) in [6.07, 6.45) is 1.04. The Kier molecular flexibility index (Phi) is 3.86. The number of nitrogens with two attached hydrogens (primary N) is 1. The molecular formula is C12H18N4O2S. The monoisotopic (exact) mass is 282 g/mol. The van der Waals surface area contributed by atoms with E-state index >= 15 is 0 Å². The van der Waals surface area contributed by atoms with Crippen molar-refractivity contribution >= 4 is 28.9 Å². The Labute approximate surface area is 117 Å². The van der Waals surface area contributed by atoms with E-state index in [9.17, 15) is 4.79 Å². The van der Waals surface area contributed by atoms with Crippen molar-refractivity contribution in [1.82, 2.24) is 9.78 Å². The standard InChI is InChI=1S/C12H18N4O2S/c1-8-7-9(16(2)15-8)14-11(17)12(10(13)19)3-5-18-6-4-12/h7H,3-6H2,1-2H3,(H2,13,19)(H,14,17). The lowest BCUT2D eigenvalue weighted by Gasteiger charge is -2.34. The zero-order chi connectivity index (χ0) is 14.0. The molecule has 19 heavy (non-hydrogen) atoms. The van der Waals surface area contributed by atoms with Gasteiger partial charge in [0.05, 0.1) is 10.7 Å². The van der Waals surface area contributed by atoms with Crippen molar-refractivity contribution < 1.29 is 9.53 Å². The van der Waals surface area contributed by atoms with Gasteiger partial charge < -0.3 is 15.8 Å². The molecule has 1 saturated heterocycles. The number of anilines is 1. The van der Waals surface area contributed by atoms with Gasteiger partial charge in [-0.25, -0.2) is 0 Å². The fourth-order valence-electron chi connectivity index (χ4n) is 2.27. The van der Waals surface area contributed by atoms with E-state index < -0.39 is 5.41 Å². The van der Waals surface area contributed by atoms with Crippen LogP contribution in [0.2, 0.25) is 0 Å². The molecule has 0 saturated carbocycles. The maximum absolute atomic E-state index is 12.5. The second-order valence-corrected chi connectivity index (χ2v) is 5.25. The zero-order valence-corrected chi connectivity index (χ0v) is 11.9. The summed E-state index contributed by atoms with van der Waals surface area (Å²) in [5, 5.41) is 7.05. The first-order chi connectivity index (χ1) is 8.95. The number of hydrogen-bond acceptors (Lipinski definition) is 4. The summed E-state index contributed by atoms with van der Waals surface area (Å²) < 4.78 is 6.92. The number of aromatic nitrogens is 2. The van der Waals surface area contributed by atoms with Gasteiger partial charge in [-0.2, -0.15) is 5.10 Å². The van der Waals surface area contributed by atoms with E-state index in [2.05, 4.69) is 10.4 Å². The highest BCUT2D eigenvalue weighted by Crippen LogP contribution is 2.32. The molecule has 1 amide bonds. The Bertz CT molecular complexity index is 506. The first-order valence-electron chi connectivity index (χ1n) is 6.15. The molecule has 3 N–H and O–H groups in total. The molecule has 0 atom stereocenters. The van der Waals surface area contributed by atoms with E-state index in [1.165, 1.54) is 0 Å².